The molecule has 0 saturated heterocycles. The highest BCUT2D eigenvalue weighted by Gasteiger charge is 2.21. The summed E-state index contributed by atoms with van der Waals surface area (Å²) in [7, 11) is 0. The summed E-state index contributed by atoms with van der Waals surface area (Å²) >= 11 is 1.22. The molecule has 1 amide bonds. The zero-order valence-corrected chi connectivity index (χ0v) is 21.6. The molecule has 4 aromatic rings. The van der Waals surface area contributed by atoms with Crippen LogP contribution in [0.5, 0.6) is 5.75 Å². The normalized spacial score (nSPS) is 10.6. The van der Waals surface area contributed by atoms with Gasteiger partial charge in [0.05, 0.1) is 17.5 Å². The van der Waals surface area contributed by atoms with E-state index in [0.29, 0.717) is 27.0 Å². The maximum Gasteiger partial charge on any atom is 0.343 e. The van der Waals surface area contributed by atoms with E-state index in [4.69, 9.17) is 21.0 Å². The zero-order valence-electron chi connectivity index (χ0n) is 20.8. The molecule has 0 radical (unpaired) electrons. The summed E-state index contributed by atoms with van der Waals surface area (Å²) in [5, 5.41) is 30.4. The van der Waals surface area contributed by atoms with E-state index in [1.54, 1.807) is 41.8 Å². The number of thiophene rings is 1. The van der Waals surface area contributed by atoms with E-state index in [1.165, 1.54) is 35.6 Å². The number of hydrogen-bond donors (Lipinski definition) is 5. The van der Waals surface area contributed by atoms with Gasteiger partial charge < -0.3 is 30.9 Å². The van der Waals surface area contributed by atoms with Crippen LogP contribution >= 0.6 is 11.3 Å². The van der Waals surface area contributed by atoms with Crippen LogP contribution in [0.2, 0.25) is 0 Å². The summed E-state index contributed by atoms with van der Waals surface area (Å²) < 4.78 is 5.45. The second kappa shape index (κ2) is 12.0. The van der Waals surface area contributed by atoms with Crippen molar-refractivity contribution in [1.29, 1.82) is 5.41 Å². The molecule has 2 aromatic heterocycles. The first-order valence-electron chi connectivity index (χ1n) is 11.7. The first-order chi connectivity index (χ1) is 19.1. The minimum absolute atomic E-state index is 0.0261. The fourth-order valence-electron chi connectivity index (χ4n) is 3.79. The largest absolute Gasteiger partial charge is 0.481 e. The molecule has 0 spiro atoms. The minimum atomic E-state index is -1.20. The Kier molecular flexibility index (Phi) is 8.35. The summed E-state index contributed by atoms with van der Waals surface area (Å²) in [5.41, 5.74) is 7.20. The average Bonchev–Trinajstić information content (AvgIpc) is 3.33. The van der Waals surface area contributed by atoms with Crippen molar-refractivity contribution in [3.63, 3.8) is 0 Å². The van der Waals surface area contributed by atoms with Crippen LogP contribution < -0.4 is 15.8 Å². The van der Waals surface area contributed by atoms with Crippen LogP contribution in [0.25, 0.3) is 10.9 Å². The van der Waals surface area contributed by atoms with Crippen LogP contribution in [0.4, 0.5) is 5.69 Å². The van der Waals surface area contributed by atoms with E-state index in [2.05, 4.69) is 10.3 Å². The molecule has 6 N–H and O–H groups in total. The summed E-state index contributed by atoms with van der Waals surface area (Å²) in [6.07, 6.45) is -0.161. The maximum atomic E-state index is 13.2. The SMILES string of the molecule is N=C(N)Nc1ccc(C(=O)Oc2ccc3nc(C(=O)N(CC(=O)O)Cc4csc(CC(=O)O)c4)ccc3c2)cc1. The van der Waals surface area contributed by atoms with Crippen molar-refractivity contribution in [3.8, 4) is 5.75 Å². The smallest absolute Gasteiger partial charge is 0.343 e. The molecule has 0 bridgehead atoms. The number of carbonyl (C=O) groups excluding carboxylic acids is 2. The molecule has 40 heavy (non-hydrogen) atoms. The van der Waals surface area contributed by atoms with Gasteiger partial charge in [-0.05, 0) is 65.5 Å². The quantitative estimate of drug-likeness (QED) is 0.0830. The van der Waals surface area contributed by atoms with Gasteiger partial charge in [-0.25, -0.2) is 9.78 Å². The van der Waals surface area contributed by atoms with E-state index in [9.17, 15) is 24.3 Å². The third-order valence-corrected chi connectivity index (χ3v) is 6.50. The Hall–Kier alpha value is -5.30. The van der Waals surface area contributed by atoms with Crippen LogP contribution in [-0.4, -0.2) is 56.4 Å². The standard InChI is InChI=1S/C27H23N5O7S/c28-27(29)30-18-4-1-16(2-5-18)26(38)39-19-6-8-21-17(10-19)3-7-22(31-21)25(37)32(13-24(35)36)12-15-9-20(40-14-15)11-23(33)34/h1-10,14H,11-13H2,(H,33,34)(H,35,36)(H4,28,29,30). The highest BCUT2D eigenvalue weighted by Crippen LogP contribution is 2.23. The molecule has 4 rings (SSSR count). The Balaban J connectivity index is 1.48. The molecule has 13 heteroatoms. The highest BCUT2D eigenvalue weighted by molar-refractivity contribution is 7.10. The molecule has 0 aliphatic rings. The van der Waals surface area contributed by atoms with Gasteiger partial charge in [0.2, 0.25) is 0 Å². The summed E-state index contributed by atoms with van der Waals surface area (Å²) in [6, 6.07) is 15.6. The van der Waals surface area contributed by atoms with Crippen LogP contribution in [0.3, 0.4) is 0 Å². The Morgan fingerprint density at radius 2 is 1.75 bits per heavy atom. The summed E-state index contributed by atoms with van der Waals surface area (Å²) in [6.45, 7) is -0.592. The number of nitrogens with zero attached hydrogens (tertiary/aromatic N) is 2. The van der Waals surface area contributed by atoms with E-state index >= 15 is 0 Å². The number of rotatable bonds is 10. The molecule has 12 nitrogen and oxygen atoms in total. The lowest BCUT2D eigenvalue weighted by molar-refractivity contribution is -0.138. The second-order valence-electron chi connectivity index (χ2n) is 8.60. The molecule has 0 aliphatic carbocycles. The number of carbonyl (C=O) groups is 4. The molecular formula is C27H23N5O7S. The predicted octanol–water partition coefficient (Wildman–Crippen LogP) is 3.17. The van der Waals surface area contributed by atoms with Crippen LogP contribution in [0, 0.1) is 5.41 Å². The van der Waals surface area contributed by atoms with Crippen molar-refractivity contribution < 1.29 is 34.1 Å². The topological polar surface area (TPSA) is 196 Å². The number of amides is 1. The van der Waals surface area contributed by atoms with Gasteiger partial charge in [-0.1, -0.05) is 6.07 Å². The van der Waals surface area contributed by atoms with Crippen molar-refractivity contribution in [3.05, 3.63) is 87.7 Å². The van der Waals surface area contributed by atoms with E-state index < -0.39 is 30.4 Å². The Morgan fingerprint density at radius 1 is 1.00 bits per heavy atom. The van der Waals surface area contributed by atoms with Crippen molar-refractivity contribution in [2.75, 3.05) is 11.9 Å². The summed E-state index contributed by atoms with van der Waals surface area (Å²) in [5.74, 6) is -3.36. The summed E-state index contributed by atoms with van der Waals surface area (Å²) in [4.78, 5) is 54.2. The number of pyridine rings is 1. The molecule has 0 fully saturated rings. The average molecular weight is 562 g/mol. The highest BCUT2D eigenvalue weighted by atomic mass is 32.1. The first kappa shape index (κ1) is 27.7. The number of carboxylic acid groups (broad SMARTS) is 2. The zero-order chi connectivity index (χ0) is 28.8. The van der Waals surface area contributed by atoms with Crippen molar-refractivity contribution in [2.24, 2.45) is 5.73 Å². The Bertz CT molecular complexity index is 1620. The van der Waals surface area contributed by atoms with E-state index in [-0.39, 0.29) is 35.9 Å². The lowest BCUT2D eigenvalue weighted by atomic mass is 10.1. The van der Waals surface area contributed by atoms with Gasteiger partial charge in [-0.15, -0.1) is 11.3 Å². The number of ether oxygens (including phenoxy) is 1. The number of guanidine groups is 1. The predicted molar refractivity (Wildman–Crippen MR) is 147 cm³/mol. The van der Waals surface area contributed by atoms with Gasteiger partial charge in [-0.2, -0.15) is 0 Å². The number of fused-ring (bicyclic) bond motifs is 1. The van der Waals surface area contributed by atoms with Gasteiger partial charge in [0, 0.05) is 22.5 Å². The van der Waals surface area contributed by atoms with Gasteiger partial charge in [0.1, 0.15) is 18.0 Å². The number of aromatic nitrogens is 1. The van der Waals surface area contributed by atoms with E-state index in [1.807, 2.05) is 0 Å². The molecule has 0 aliphatic heterocycles. The fourth-order valence-corrected chi connectivity index (χ4v) is 4.66. The molecule has 2 aromatic carbocycles. The van der Waals surface area contributed by atoms with Gasteiger partial charge in [-0.3, -0.25) is 19.8 Å². The molecule has 2 heterocycles. The molecule has 204 valence electrons. The third kappa shape index (κ3) is 7.17. The number of aliphatic carboxylic acids is 2. The first-order valence-corrected chi connectivity index (χ1v) is 12.6. The van der Waals surface area contributed by atoms with Gasteiger partial charge in [0.25, 0.3) is 5.91 Å². The van der Waals surface area contributed by atoms with Gasteiger partial charge in [0.15, 0.2) is 5.96 Å². The lowest BCUT2D eigenvalue weighted by Crippen LogP contribution is -2.35. The fraction of sp³-hybridized carbons (Fsp3) is 0.111. The monoisotopic (exact) mass is 561 g/mol. The van der Waals surface area contributed by atoms with Crippen molar-refractivity contribution in [1.82, 2.24) is 9.88 Å². The minimum Gasteiger partial charge on any atom is -0.481 e. The number of nitrogens with one attached hydrogen (secondary N) is 2. The van der Waals surface area contributed by atoms with Crippen molar-refractivity contribution >= 4 is 57.7 Å². The number of nitrogens with two attached hydrogens (primary N) is 1. The number of esters is 1. The third-order valence-electron chi connectivity index (χ3n) is 5.51. The molecular weight excluding hydrogens is 538 g/mol. The maximum absolute atomic E-state index is 13.2. The van der Waals surface area contributed by atoms with Crippen LogP contribution in [-0.2, 0) is 22.6 Å². The van der Waals surface area contributed by atoms with Gasteiger partial charge >= 0.3 is 17.9 Å². The van der Waals surface area contributed by atoms with Crippen LogP contribution in [0.15, 0.2) is 66.0 Å². The lowest BCUT2D eigenvalue weighted by Gasteiger charge is -2.20. The Labute approximate surface area is 231 Å². The number of hydrogen-bond acceptors (Lipinski definition) is 8. The van der Waals surface area contributed by atoms with E-state index in [0.717, 1.165) is 4.90 Å². The number of anilines is 1. The number of carboxylic acids is 2. The van der Waals surface area contributed by atoms with Crippen LogP contribution in [0.1, 0.15) is 31.3 Å². The molecule has 0 unspecified atom stereocenters. The Morgan fingerprint density at radius 3 is 2.42 bits per heavy atom. The second-order valence-corrected chi connectivity index (χ2v) is 9.60. The number of benzene rings is 2. The molecule has 0 saturated carbocycles. The van der Waals surface area contributed by atoms with Crippen molar-refractivity contribution in [2.45, 2.75) is 13.0 Å². The molecule has 0 atom stereocenters.